The summed E-state index contributed by atoms with van der Waals surface area (Å²) in [6.45, 7) is 2.78. The standard InChI is InChI=1S/C28H35NO3/c1-20-13-15-21(16-14-20)27-26(28(30)29-2)25-22-12-10-8-6-4-3-5-7-9-11-19-31-23(22)17-18-24(25)32-27/h13-18H,3-12,19H2,1-2H3,(H,29,30). The molecule has 0 saturated heterocycles. The lowest BCUT2D eigenvalue weighted by atomic mass is 9.96. The van der Waals surface area contributed by atoms with E-state index in [-0.39, 0.29) is 5.91 Å². The molecule has 0 radical (unpaired) electrons. The lowest BCUT2D eigenvalue weighted by Crippen LogP contribution is -2.18. The number of hydrogen-bond donors (Lipinski definition) is 1. The van der Waals surface area contributed by atoms with Gasteiger partial charge >= 0.3 is 0 Å². The van der Waals surface area contributed by atoms with Crippen LogP contribution in [-0.4, -0.2) is 19.6 Å². The van der Waals surface area contributed by atoms with Crippen LogP contribution in [0.2, 0.25) is 0 Å². The zero-order valence-corrected chi connectivity index (χ0v) is 19.5. The Balaban J connectivity index is 1.81. The molecule has 170 valence electrons. The van der Waals surface area contributed by atoms with E-state index in [0.29, 0.717) is 11.3 Å². The topological polar surface area (TPSA) is 51.5 Å². The fourth-order valence-electron chi connectivity index (χ4n) is 4.70. The summed E-state index contributed by atoms with van der Waals surface area (Å²) in [6, 6.07) is 12.1. The van der Waals surface area contributed by atoms with Crippen molar-refractivity contribution >= 4 is 16.9 Å². The minimum atomic E-state index is -0.118. The van der Waals surface area contributed by atoms with Crippen molar-refractivity contribution in [3.05, 3.63) is 53.1 Å². The van der Waals surface area contributed by atoms with Crippen LogP contribution in [0.5, 0.6) is 5.75 Å². The van der Waals surface area contributed by atoms with E-state index < -0.39 is 0 Å². The quantitative estimate of drug-likeness (QED) is 0.464. The van der Waals surface area contributed by atoms with Gasteiger partial charge in [0.1, 0.15) is 17.1 Å². The van der Waals surface area contributed by atoms with Crippen molar-refractivity contribution in [2.75, 3.05) is 13.7 Å². The smallest absolute Gasteiger partial charge is 0.255 e. The summed E-state index contributed by atoms with van der Waals surface area (Å²) in [5, 5.41) is 3.74. The molecule has 2 aromatic carbocycles. The number of nitrogens with one attached hydrogen (secondary N) is 1. The maximum Gasteiger partial charge on any atom is 0.255 e. The van der Waals surface area contributed by atoms with Gasteiger partial charge in [-0.05, 0) is 38.3 Å². The second-order valence-electron chi connectivity index (χ2n) is 8.95. The first-order valence-electron chi connectivity index (χ1n) is 12.2. The summed E-state index contributed by atoms with van der Waals surface area (Å²) in [6.07, 6.45) is 12.0. The van der Waals surface area contributed by atoms with Gasteiger partial charge in [0.05, 0.1) is 12.2 Å². The van der Waals surface area contributed by atoms with E-state index >= 15 is 0 Å². The summed E-state index contributed by atoms with van der Waals surface area (Å²) in [7, 11) is 1.68. The van der Waals surface area contributed by atoms with Crippen molar-refractivity contribution in [2.45, 2.75) is 71.1 Å². The van der Waals surface area contributed by atoms with Crippen molar-refractivity contribution in [3.8, 4) is 17.1 Å². The fourth-order valence-corrected chi connectivity index (χ4v) is 4.70. The molecule has 0 bridgehead atoms. The molecule has 1 aromatic heterocycles. The van der Waals surface area contributed by atoms with Crippen molar-refractivity contribution in [1.29, 1.82) is 0 Å². The minimum Gasteiger partial charge on any atom is -0.493 e. The third kappa shape index (κ3) is 5.01. The third-order valence-electron chi connectivity index (χ3n) is 6.52. The predicted molar refractivity (Wildman–Crippen MR) is 131 cm³/mol. The van der Waals surface area contributed by atoms with Crippen LogP contribution in [0.1, 0.15) is 79.3 Å². The molecule has 0 aliphatic carbocycles. The molecule has 0 saturated carbocycles. The van der Waals surface area contributed by atoms with Crippen LogP contribution in [-0.2, 0) is 6.42 Å². The second-order valence-corrected chi connectivity index (χ2v) is 8.95. The van der Waals surface area contributed by atoms with Crippen LogP contribution < -0.4 is 10.1 Å². The molecule has 1 aliphatic rings. The number of carbonyl (C=O) groups excluding carboxylic acids is 1. The molecule has 4 rings (SSSR count). The van der Waals surface area contributed by atoms with Gasteiger partial charge in [0.25, 0.3) is 5.91 Å². The van der Waals surface area contributed by atoms with Gasteiger partial charge in [0, 0.05) is 23.6 Å². The number of ether oxygens (including phenoxy) is 1. The zero-order valence-electron chi connectivity index (χ0n) is 19.5. The Morgan fingerprint density at radius 1 is 0.844 bits per heavy atom. The van der Waals surface area contributed by atoms with Gasteiger partial charge in [-0.2, -0.15) is 0 Å². The highest BCUT2D eigenvalue weighted by atomic mass is 16.5. The minimum absolute atomic E-state index is 0.118. The molecule has 1 amide bonds. The van der Waals surface area contributed by atoms with Gasteiger partial charge in [-0.15, -0.1) is 0 Å². The lowest BCUT2D eigenvalue weighted by Gasteiger charge is -2.14. The molecule has 1 N–H and O–H groups in total. The van der Waals surface area contributed by atoms with Gasteiger partial charge in [-0.1, -0.05) is 74.8 Å². The molecule has 32 heavy (non-hydrogen) atoms. The first kappa shape index (κ1) is 22.4. The van der Waals surface area contributed by atoms with Crippen LogP contribution in [0.3, 0.4) is 0 Å². The Hall–Kier alpha value is -2.75. The highest BCUT2D eigenvalue weighted by Gasteiger charge is 2.25. The van der Waals surface area contributed by atoms with Gasteiger partial charge in [0.15, 0.2) is 0 Å². The summed E-state index contributed by atoms with van der Waals surface area (Å²) < 4.78 is 12.6. The average Bonchev–Trinajstić information content (AvgIpc) is 3.20. The summed E-state index contributed by atoms with van der Waals surface area (Å²) >= 11 is 0. The molecule has 4 heteroatoms. The molecule has 0 spiro atoms. The molecule has 3 aromatic rings. The van der Waals surface area contributed by atoms with E-state index in [1.165, 1.54) is 50.5 Å². The summed E-state index contributed by atoms with van der Waals surface area (Å²) in [5.41, 5.74) is 4.58. The van der Waals surface area contributed by atoms with Crippen LogP contribution >= 0.6 is 0 Å². The molecule has 0 fully saturated rings. The Labute approximate surface area is 191 Å². The Morgan fingerprint density at radius 2 is 1.50 bits per heavy atom. The highest BCUT2D eigenvalue weighted by molar-refractivity contribution is 6.12. The largest absolute Gasteiger partial charge is 0.493 e. The fraction of sp³-hybridized carbons (Fsp3) is 0.464. The molecule has 1 aliphatic heterocycles. The van der Waals surface area contributed by atoms with E-state index in [2.05, 4.69) is 24.4 Å². The van der Waals surface area contributed by atoms with Crippen LogP contribution in [0.25, 0.3) is 22.3 Å². The van der Waals surface area contributed by atoms with Crippen molar-refractivity contribution in [3.63, 3.8) is 0 Å². The monoisotopic (exact) mass is 433 g/mol. The van der Waals surface area contributed by atoms with Gasteiger partial charge < -0.3 is 14.5 Å². The SMILES string of the molecule is CNC(=O)c1c(-c2ccc(C)cc2)oc2ccc3c(c12)CCCCCCCCCCCO3. The first-order valence-corrected chi connectivity index (χ1v) is 12.2. The van der Waals surface area contributed by atoms with E-state index in [1.807, 2.05) is 24.3 Å². The van der Waals surface area contributed by atoms with Gasteiger partial charge in [-0.25, -0.2) is 0 Å². The van der Waals surface area contributed by atoms with E-state index in [4.69, 9.17) is 9.15 Å². The van der Waals surface area contributed by atoms with E-state index in [0.717, 1.165) is 53.7 Å². The van der Waals surface area contributed by atoms with Crippen molar-refractivity contribution in [2.24, 2.45) is 0 Å². The normalized spacial score (nSPS) is 16.1. The zero-order chi connectivity index (χ0) is 22.3. The van der Waals surface area contributed by atoms with Gasteiger partial charge in [-0.3, -0.25) is 4.79 Å². The highest BCUT2D eigenvalue weighted by Crippen LogP contribution is 2.40. The first-order chi connectivity index (χ1) is 15.7. The molecule has 0 unspecified atom stereocenters. The number of aryl methyl sites for hydroxylation is 2. The molecule has 0 atom stereocenters. The number of amides is 1. The molecular weight excluding hydrogens is 398 g/mol. The Bertz CT molecular complexity index is 1050. The number of rotatable bonds is 2. The van der Waals surface area contributed by atoms with Crippen LogP contribution in [0.15, 0.2) is 40.8 Å². The number of hydrogen-bond acceptors (Lipinski definition) is 3. The van der Waals surface area contributed by atoms with Crippen molar-refractivity contribution in [1.82, 2.24) is 5.32 Å². The van der Waals surface area contributed by atoms with Gasteiger partial charge in [0.2, 0.25) is 0 Å². The summed E-state index contributed by atoms with van der Waals surface area (Å²) in [4.78, 5) is 13.1. The third-order valence-corrected chi connectivity index (χ3v) is 6.52. The predicted octanol–water partition coefficient (Wildman–Crippen LogP) is 7.21. The maximum atomic E-state index is 13.1. The number of carbonyl (C=O) groups is 1. The number of furan rings is 1. The van der Waals surface area contributed by atoms with Crippen LogP contribution in [0.4, 0.5) is 0 Å². The number of fused-ring (bicyclic) bond motifs is 3. The van der Waals surface area contributed by atoms with Crippen molar-refractivity contribution < 1.29 is 13.9 Å². The maximum absolute atomic E-state index is 13.1. The Kier molecular flexibility index (Phi) is 7.51. The van der Waals surface area contributed by atoms with E-state index in [1.54, 1.807) is 7.05 Å². The molecule has 2 heterocycles. The number of benzene rings is 2. The summed E-state index contributed by atoms with van der Waals surface area (Å²) in [5.74, 6) is 1.41. The lowest BCUT2D eigenvalue weighted by molar-refractivity contribution is 0.0964. The average molecular weight is 434 g/mol. The van der Waals surface area contributed by atoms with E-state index in [9.17, 15) is 4.79 Å². The van der Waals surface area contributed by atoms with Crippen LogP contribution in [0, 0.1) is 6.92 Å². The second kappa shape index (κ2) is 10.7. The molecule has 4 nitrogen and oxygen atoms in total. The molecular formula is C28H35NO3. The Morgan fingerprint density at radius 3 is 2.19 bits per heavy atom.